The predicted molar refractivity (Wildman–Crippen MR) is 63.0 cm³/mol. The SMILES string of the molecule is c1ccc(C2O[N+]3(O2)OC(c2ccccc2)O3)cc1. The maximum absolute atomic E-state index is 5.47. The van der Waals surface area contributed by atoms with Gasteiger partial charge in [-0.15, -0.1) is 0 Å². The molecule has 2 aromatic rings. The highest BCUT2D eigenvalue weighted by molar-refractivity contribution is 5.17. The first-order chi connectivity index (χ1) is 9.35. The summed E-state index contributed by atoms with van der Waals surface area (Å²) in [6, 6.07) is 19.3. The van der Waals surface area contributed by atoms with E-state index in [9.17, 15) is 0 Å². The van der Waals surface area contributed by atoms with Crippen molar-refractivity contribution in [2.24, 2.45) is 0 Å². The van der Waals surface area contributed by atoms with E-state index < -0.39 is 17.7 Å². The van der Waals surface area contributed by atoms with E-state index >= 15 is 0 Å². The van der Waals surface area contributed by atoms with Gasteiger partial charge in [-0.1, -0.05) is 80.0 Å². The van der Waals surface area contributed by atoms with Crippen molar-refractivity contribution in [3.05, 3.63) is 71.8 Å². The van der Waals surface area contributed by atoms with Crippen LogP contribution in [0.1, 0.15) is 23.7 Å². The summed E-state index contributed by atoms with van der Waals surface area (Å²) in [6.07, 6.45) is -0.893. The molecule has 0 unspecified atom stereocenters. The Bertz CT molecular complexity index is 506. The van der Waals surface area contributed by atoms with E-state index in [1.54, 1.807) is 0 Å². The van der Waals surface area contributed by atoms with Crippen LogP contribution in [0.25, 0.3) is 0 Å². The van der Waals surface area contributed by atoms with Crippen LogP contribution in [0, 0.1) is 0 Å². The fraction of sp³-hybridized carbons (Fsp3) is 0.143. The van der Waals surface area contributed by atoms with Gasteiger partial charge in [-0.05, 0) is 0 Å². The molecule has 0 amide bonds. The van der Waals surface area contributed by atoms with Crippen LogP contribution in [0.4, 0.5) is 0 Å². The predicted octanol–water partition coefficient (Wildman–Crippen LogP) is 2.95. The minimum absolute atomic E-state index is 0.446. The average Bonchev–Trinajstić information content (AvgIpc) is 2.38. The molecule has 2 aliphatic heterocycles. The van der Waals surface area contributed by atoms with E-state index in [1.165, 1.54) is 0 Å². The molecule has 2 heterocycles. The summed E-state index contributed by atoms with van der Waals surface area (Å²) in [5, 5.41) is -0.640. The van der Waals surface area contributed by atoms with E-state index in [4.69, 9.17) is 19.4 Å². The van der Waals surface area contributed by atoms with Crippen molar-refractivity contribution in [3.8, 4) is 0 Å². The molecule has 19 heavy (non-hydrogen) atoms. The molecule has 0 radical (unpaired) electrons. The zero-order chi connectivity index (χ0) is 12.7. The molecule has 5 heteroatoms. The molecule has 0 aliphatic carbocycles. The average molecular weight is 258 g/mol. The highest BCUT2D eigenvalue weighted by Crippen LogP contribution is 2.49. The first kappa shape index (κ1) is 11.1. The molecule has 1 spiro atoms. The monoisotopic (exact) mass is 258 g/mol. The summed E-state index contributed by atoms with van der Waals surface area (Å²) in [4.78, 5) is 21.9. The van der Waals surface area contributed by atoms with Gasteiger partial charge in [0.05, 0.1) is 0 Å². The number of rotatable bonds is 2. The molecule has 0 atom stereocenters. The molecular weight excluding hydrogens is 246 g/mol. The zero-order valence-corrected chi connectivity index (χ0v) is 10.0. The maximum Gasteiger partial charge on any atom is 0.321 e. The summed E-state index contributed by atoms with van der Waals surface area (Å²) < 4.78 is 0. The van der Waals surface area contributed by atoms with Crippen molar-refractivity contribution in [2.45, 2.75) is 12.6 Å². The second kappa shape index (κ2) is 4.12. The van der Waals surface area contributed by atoms with Crippen molar-refractivity contribution >= 4 is 0 Å². The Labute approximate surface area is 109 Å². The molecule has 2 aliphatic rings. The lowest BCUT2D eigenvalue weighted by molar-refractivity contribution is -1.58. The lowest BCUT2D eigenvalue weighted by atomic mass is 10.2. The largest absolute Gasteiger partial charge is 0.321 e. The molecule has 0 aromatic heterocycles. The molecule has 2 fully saturated rings. The highest BCUT2D eigenvalue weighted by atomic mass is 17.5. The molecule has 4 rings (SSSR count). The van der Waals surface area contributed by atoms with Gasteiger partial charge in [0, 0.05) is 11.1 Å². The Morgan fingerprint density at radius 1 is 0.579 bits per heavy atom. The van der Waals surface area contributed by atoms with Crippen LogP contribution >= 0.6 is 0 Å². The Kier molecular flexibility index (Phi) is 2.41. The highest BCUT2D eigenvalue weighted by Gasteiger charge is 2.68. The Morgan fingerprint density at radius 3 is 1.32 bits per heavy atom. The van der Waals surface area contributed by atoms with Crippen molar-refractivity contribution in [3.63, 3.8) is 0 Å². The van der Waals surface area contributed by atoms with Gasteiger partial charge in [-0.3, -0.25) is 0 Å². The summed E-state index contributed by atoms with van der Waals surface area (Å²) in [7, 11) is 0. The van der Waals surface area contributed by atoms with Gasteiger partial charge in [0.25, 0.3) is 5.14 Å². The van der Waals surface area contributed by atoms with Crippen molar-refractivity contribution in [1.29, 1.82) is 0 Å². The van der Waals surface area contributed by atoms with Gasteiger partial charge in [-0.25, -0.2) is 0 Å². The molecule has 0 saturated carbocycles. The summed E-state index contributed by atoms with van der Waals surface area (Å²) in [6.45, 7) is 0. The Balaban J connectivity index is 1.38. The normalized spacial score (nSPS) is 32.6. The van der Waals surface area contributed by atoms with Gasteiger partial charge in [0.15, 0.2) is 0 Å². The van der Waals surface area contributed by atoms with Gasteiger partial charge in [0.2, 0.25) is 0 Å². The van der Waals surface area contributed by atoms with Crippen LogP contribution < -0.4 is 0 Å². The van der Waals surface area contributed by atoms with E-state index in [2.05, 4.69) is 0 Å². The first-order valence-electron chi connectivity index (χ1n) is 6.07. The van der Waals surface area contributed by atoms with Gasteiger partial charge in [-0.2, -0.15) is 0 Å². The number of hydrogen-bond acceptors (Lipinski definition) is 4. The molecule has 2 saturated heterocycles. The minimum Gasteiger partial charge on any atom is -0.0622 e. The molecule has 0 N–H and O–H groups in total. The van der Waals surface area contributed by atoms with Crippen molar-refractivity contribution in [2.75, 3.05) is 0 Å². The lowest BCUT2D eigenvalue weighted by Gasteiger charge is -2.44. The van der Waals surface area contributed by atoms with Crippen LogP contribution in [0.2, 0.25) is 0 Å². The lowest BCUT2D eigenvalue weighted by Crippen LogP contribution is -2.65. The van der Waals surface area contributed by atoms with E-state index in [0.29, 0.717) is 0 Å². The minimum atomic E-state index is -0.640. The smallest absolute Gasteiger partial charge is 0.0622 e. The van der Waals surface area contributed by atoms with Crippen molar-refractivity contribution < 1.29 is 24.5 Å². The topological polar surface area (TPSA) is 36.9 Å². The molecule has 0 bridgehead atoms. The van der Waals surface area contributed by atoms with Crippen LogP contribution in [0.3, 0.4) is 0 Å². The molecular formula is C14H12NO4+. The zero-order valence-electron chi connectivity index (χ0n) is 10.0. The number of hydrogen-bond donors (Lipinski definition) is 0. The van der Waals surface area contributed by atoms with Crippen LogP contribution in [0.5, 0.6) is 0 Å². The Hall–Kier alpha value is -1.76. The second-order valence-corrected chi connectivity index (χ2v) is 4.35. The number of quaternary nitrogens is 1. The molecule has 5 nitrogen and oxygen atoms in total. The molecule has 2 aromatic carbocycles. The number of benzene rings is 2. The summed E-state index contributed by atoms with van der Waals surface area (Å²) >= 11 is 0. The molecule has 96 valence electrons. The summed E-state index contributed by atoms with van der Waals surface area (Å²) in [5.41, 5.74) is 1.86. The van der Waals surface area contributed by atoms with Gasteiger partial charge in [0.1, 0.15) is 0 Å². The maximum atomic E-state index is 5.47. The fourth-order valence-corrected chi connectivity index (χ4v) is 2.05. The summed E-state index contributed by atoms with van der Waals surface area (Å²) in [5.74, 6) is 0. The standard InChI is InChI=1S/C14H12NO4/c1-3-7-11(8-4-1)13-16-15(17-13)18-14(19-15)12-9-5-2-6-10-12/h1-10,13-14H/q+1. The van der Waals surface area contributed by atoms with Gasteiger partial charge < -0.3 is 0 Å². The Morgan fingerprint density at radius 2 is 0.947 bits per heavy atom. The number of nitrogens with zero attached hydrogens (tertiary/aromatic N) is 1. The fourth-order valence-electron chi connectivity index (χ4n) is 2.05. The van der Waals surface area contributed by atoms with E-state index in [0.717, 1.165) is 11.1 Å². The van der Waals surface area contributed by atoms with Crippen LogP contribution in [-0.4, -0.2) is 5.14 Å². The van der Waals surface area contributed by atoms with Gasteiger partial charge >= 0.3 is 12.6 Å². The van der Waals surface area contributed by atoms with E-state index in [1.807, 2.05) is 60.7 Å². The van der Waals surface area contributed by atoms with Crippen molar-refractivity contribution in [1.82, 2.24) is 0 Å². The first-order valence-corrected chi connectivity index (χ1v) is 6.07. The third-order valence-corrected chi connectivity index (χ3v) is 3.04. The third-order valence-electron chi connectivity index (χ3n) is 3.04. The van der Waals surface area contributed by atoms with Crippen LogP contribution in [0.15, 0.2) is 60.7 Å². The second-order valence-electron chi connectivity index (χ2n) is 4.35. The van der Waals surface area contributed by atoms with E-state index in [-0.39, 0.29) is 0 Å². The van der Waals surface area contributed by atoms with Crippen LogP contribution in [-0.2, 0) is 19.4 Å². The quantitative estimate of drug-likeness (QED) is 0.776. The third kappa shape index (κ3) is 1.85.